The second kappa shape index (κ2) is 7.43. The Kier molecular flexibility index (Phi) is 5.85. The zero-order valence-electron chi connectivity index (χ0n) is 10.5. The number of carbonyl (C=O) groups excluding carboxylic acids is 1. The molecule has 0 bridgehead atoms. The van der Waals surface area contributed by atoms with Crippen LogP contribution in [0.3, 0.4) is 0 Å². The summed E-state index contributed by atoms with van der Waals surface area (Å²) in [5.41, 5.74) is 1.05. The molecule has 0 fully saturated rings. The number of amides is 1. The molecule has 0 spiro atoms. The van der Waals surface area contributed by atoms with Crippen LogP contribution in [0.1, 0.15) is 5.56 Å². The van der Waals surface area contributed by atoms with Gasteiger partial charge in [-0.3, -0.25) is 4.79 Å². The van der Waals surface area contributed by atoms with Gasteiger partial charge in [-0.15, -0.1) is 0 Å². The van der Waals surface area contributed by atoms with E-state index in [0.29, 0.717) is 24.5 Å². The molecule has 0 heterocycles. The molecule has 0 N–H and O–H groups in total. The molecule has 0 saturated carbocycles. The van der Waals surface area contributed by atoms with Gasteiger partial charge in [-0.2, -0.15) is 5.26 Å². The highest BCUT2D eigenvalue weighted by Gasteiger charge is 2.13. The number of ether oxygens (including phenoxy) is 2. The van der Waals surface area contributed by atoms with Gasteiger partial charge in [0.25, 0.3) is 5.91 Å². The highest BCUT2D eigenvalue weighted by molar-refractivity contribution is 5.94. The number of hydrogen-bond acceptors (Lipinski definition) is 4. The van der Waals surface area contributed by atoms with Crippen LogP contribution >= 0.6 is 0 Å². The molecule has 0 aliphatic carbocycles. The number of methoxy groups -OCH3 is 1. The van der Waals surface area contributed by atoms with Crippen LogP contribution in [-0.2, 0) is 14.3 Å². The Labute approximate surface area is 107 Å². The lowest BCUT2D eigenvalue weighted by molar-refractivity contribution is -0.123. The minimum atomic E-state index is -0.200. The van der Waals surface area contributed by atoms with Gasteiger partial charge in [0.15, 0.2) is 0 Å². The van der Waals surface area contributed by atoms with Gasteiger partial charge in [0, 0.05) is 14.2 Å². The van der Waals surface area contributed by atoms with Crippen molar-refractivity contribution >= 4 is 11.6 Å². The fourth-order valence-corrected chi connectivity index (χ4v) is 1.39. The first-order valence-corrected chi connectivity index (χ1v) is 5.53. The van der Waals surface area contributed by atoms with Crippen LogP contribution in [0.5, 0.6) is 0 Å². The van der Waals surface area contributed by atoms with Crippen LogP contribution in [0, 0.1) is 11.3 Å². The summed E-state index contributed by atoms with van der Waals surface area (Å²) in [7, 11) is 3.19. The Morgan fingerprint density at radius 2 is 2.11 bits per heavy atom. The molecule has 0 radical (unpaired) electrons. The molecule has 0 aromatic heterocycles. The summed E-state index contributed by atoms with van der Waals surface area (Å²) < 4.78 is 9.97. The van der Waals surface area contributed by atoms with Crippen LogP contribution in [0.4, 0.5) is 5.69 Å². The van der Waals surface area contributed by atoms with Gasteiger partial charge in [0.05, 0.1) is 24.5 Å². The van der Waals surface area contributed by atoms with E-state index in [0.717, 1.165) is 0 Å². The van der Waals surface area contributed by atoms with Crippen molar-refractivity contribution in [1.29, 1.82) is 5.26 Å². The van der Waals surface area contributed by atoms with Gasteiger partial charge in [0.1, 0.15) is 12.7 Å². The molecule has 0 aliphatic rings. The SMILES string of the molecule is COCCOCC(=O)N(C)c1ccccc1C#N. The standard InChI is InChI=1S/C13H16N2O3/c1-15(13(16)10-18-8-7-17-2)12-6-4-3-5-11(12)9-14/h3-6H,7-8,10H2,1-2H3. The van der Waals surface area contributed by atoms with Crippen LogP contribution < -0.4 is 4.90 Å². The number of para-hydroxylation sites is 1. The monoisotopic (exact) mass is 248 g/mol. The van der Waals surface area contributed by atoms with Gasteiger partial charge in [0.2, 0.25) is 0 Å². The first-order valence-electron chi connectivity index (χ1n) is 5.53. The van der Waals surface area contributed by atoms with Crippen molar-refractivity contribution < 1.29 is 14.3 Å². The summed E-state index contributed by atoms with van der Waals surface area (Å²) in [6.45, 7) is 0.793. The second-order valence-electron chi connectivity index (χ2n) is 3.63. The van der Waals surface area contributed by atoms with E-state index in [-0.39, 0.29) is 12.5 Å². The van der Waals surface area contributed by atoms with Crippen molar-refractivity contribution in [1.82, 2.24) is 0 Å². The van der Waals surface area contributed by atoms with Crippen molar-refractivity contribution in [2.24, 2.45) is 0 Å². The summed E-state index contributed by atoms with van der Waals surface area (Å²) in [6.07, 6.45) is 0. The quantitative estimate of drug-likeness (QED) is 0.709. The number of anilines is 1. The minimum absolute atomic E-state index is 0.0282. The molecule has 96 valence electrons. The highest BCUT2D eigenvalue weighted by atomic mass is 16.5. The molecule has 18 heavy (non-hydrogen) atoms. The molecule has 0 aliphatic heterocycles. The molecule has 5 nitrogen and oxygen atoms in total. The number of nitriles is 1. The number of hydrogen-bond donors (Lipinski definition) is 0. The Morgan fingerprint density at radius 3 is 2.78 bits per heavy atom. The Morgan fingerprint density at radius 1 is 1.39 bits per heavy atom. The van der Waals surface area contributed by atoms with Crippen LogP contribution in [0.2, 0.25) is 0 Å². The average molecular weight is 248 g/mol. The van der Waals surface area contributed by atoms with Crippen LogP contribution in [-0.4, -0.2) is 39.9 Å². The van der Waals surface area contributed by atoms with E-state index in [2.05, 4.69) is 6.07 Å². The predicted molar refractivity (Wildman–Crippen MR) is 67.3 cm³/mol. The van der Waals surface area contributed by atoms with Gasteiger partial charge < -0.3 is 14.4 Å². The number of nitrogens with zero attached hydrogens (tertiary/aromatic N) is 2. The number of rotatable bonds is 6. The Hall–Kier alpha value is -1.90. The fourth-order valence-electron chi connectivity index (χ4n) is 1.39. The average Bonchev–Trinajstić information content (AvgIpc) is 2.42. The van der Waals surface area contributed by atoms with Crippen molar-refractivity contribution in [2.75, 3.05) is 38.9 Å². The lowest BCUT2D eigenvalue weighted by Crippen LogP contribution is -2.31. The van der Waals surface area contributed by atoms with Crippen molar-refractivity contribution in [3.8, 4) is 6.07 Å². The number of likely N-dealkylation sites (N-methyl/N-ethyl adjacent to an activating group) is 1. The topological polar surface area (TPSA) is 62.6 Å². The van der Waals surface area contributed by atoms with Gasteiger partial charge >= 0.3 is 0 Å². The third-order valence-electron chi connectivity index (χ3n) is 2.42. The Balaban J connectivity index is 2.61. The first-order chi connectivity index (χ1) is 8.70. The maximum atomic E-state index is 11.8. The molecule has 0 atom stereocenters. The molecule has 0 saturated heterocycles. The van der Waals surface area contributed by atoms with E-state index >= 15 is 0 Å². The fraction of sp³-hybridized carbons (Fsp3) is 0.385. The van der Waals surface area contributed by atoms with E-state index in [4.69, 9.17) is 14.7 Å². The van der Waals surface area contributed by atoms with Crippen molar-refractivity contribution in [3.05, 3.63) is 29.8 Å². The smallest absolute Gasteiger partial charge is 0.252 e. The zero-order chi connectivity index (χ0) is 13.4. The molecule has 1 aromatic rings. The summed E-state index contributed by atoms with van der Waals surface area (Å²) in [4.78, 5) is 13.2. The maximum Gasteiger partial charge on any atom is 0.252 e. The van der Waals surface area contributed by atoms with Crippen LogP contribution in [0.25, 0.3) is 0 Å². The summed E-state index contributed by atoms with van der Waals surface area (Å²) in [6, 6.07) is 9.00. The van der Waals surface area contributed by atoms with Crippen molar-refractivity contribution in [2.45, 2.75) is 0 Å². The number of carbonyl (C=O) groups is 1. The molecule has 1 rings (SSSR count). The second-order valence-corrected chi connectivity index (χ2v) is 3.63. The van der Waals surface area contributed by atoms with E-state index in [1.54, 1.807) is 38.4 Å². The molecular formula is C13H16N2O3. The Bertz CT molecular complexity index is 440. The minimum Gasteiger partial charge on any atom is -0.382 e. The van der Waals surface area contributed by atoms with Crippen molar-refractivity contribution in [3.63, 3.8) is 0 Å². The zero-order valence-corrected chi connectivity index (χ0v) is 10.5. The first kappa shape index (κ1) is 14.2. The molecule has 1 aromatic carbocycles. The van der Waals surface area contributed by atoms with E-state index in [1.807, 2.05) is 0 Å². The van der Waals surface area contributed by atoms with Gasteiger partial charge in [-0.05, 0) is 12.1 Å². The summed E-state index contributed by atoms with van der Waals surface area (Å²) in [5, 5.41) is 8.96. The van der Waals surface area contributed by atoms with E-state index in [1.165, 1.54) is 4.90 Å². The molecule has 1 amide bonds. The highest BCUT2D eigenvalue weighted by Crippen LogP contribution is 2.17. The predicted octanol–water partition coefficient (Wildman–Crippen LogP) is 1.18. The maximum absolute atomic E-state index is 11.8. The summed E-state index contributed by atoms with van der Waals surface area (Å²) >= 11 is 0. The normalized spacial score (nSPS) is 9.83. The third kappa shape index (κ3) is 3.84. The molecule has 0 unspecified atom stereocenters. The molecular weight excluding hydrogens is 232 g/mol. The lowest BCUT2D eigenvalue weighted by atomic mass is 10.2. The van der Waals surface area contributed by atoms with E-state index < -0.39 is 0 Å². The van der Waals surface area contributed by atoms with E-state index in [9.17, 15) is 4.79 Å². The van der Waals surface area contributed by atoms with Gasteiger partial charge in [-0.1, -0.05) is 12.1 Å². The van der Waals surface area contributed by atoms with Gasteiger partial charge in [-0.25, -0.2) is 0 Å². The largest absolute Gasteiger partial charge is 0.382 e. The lowest BCUT2D eigenvalue weighted by Gasteiger charge is -2.18. The number of benzene rings is 1. The third-order valence-corrected chi connectivity index (χ3v) is 2.42. The molecule has 5 heteroatoms. The van der Waals surface area contributed by atoms with Crippen LogP contribution in [0.15, 0.2) is 24.3 Å². The summed E-state index contributed by atoms with van der Waals surface area (Å²) in [5.74, 6) is -0.200.